The second kappa shape index (κ2) is 10.2. The van der Waals surface area contributed by atoms with Crippen LogP contribution in [0.15, 0.2) is 72.8 Å². The summed E-state index contributed by atoms with van der Waals surface area (Å²) in [7, 11) is 0. The Labute approximate surface area is 192 Å². The van der Waals surface area contributed by atoms with Gasteiger partial charge in [0, 0.05) is 24.8 Å². The lowest BCUT2D eigenvalue weighted by atomic mass is 9.97. The molecule has 170 valence electrons. The lowest BCUT2D eigenvalue weighted by Gasteiger charge is -2.32. The molecule has 1 fully saturated rings. The minimum Gasteiger partial charge on any atom is -0.455 e. The molecule has 1 saturated heterocycles. The highest BCUT2D eigenvalue weighted by Crippen LogP contribution is 2.30. The number of para-hydroxylation sites is 2. The van der Waals surface area contributed by atoms with Crippen molar-refractivity contribution >= 4 is 23.3 Å². The third kappa shape index (κ3) is 5.88. The smallest absolute Gasteiger partial charge is 0.321 e. The molecule has 33 heavy (non-hydrogen) atoms. The number of ether oxygens (including phenoxy) is 1. The number of likely N-dealkylation sites (tertiary alicyclic amines) is 1. The fourth-order valence-electron chi connectivity index (χ4n) is 3.85. The number of benzene rings is 3. The average Bonchev–Trinajstić information content (AvgIpc) is 2.80. The van der Waals surface area contributed by atoms with Crippen molar-refractivity contribution in [2.24, 2.45) is 5.92 Å². The summed E-state index contributed by atoms with van der Waals surface area (Å²) >= 11 is 0. The molecule has 2 N–H and O–H groups in total. The predicted molar refractivity (Wildman–Crippen MR) is 126 cm³/mol. The number of halogens is 1. The summed E-state index contributed by atoms with van der Waals surface area (Å²) in [6, 6.07) is 20.2. The van der Waals surface area contributed by atoms with Gasteiger partial charge in [0.15, 0.2) is 5.75 Å². The van der Waals surface area contributed by atoms with Crippen LogP contribution in [0.3, 0.4) is 0 Å². The number of amides is 3. The lowest BCUT2D eigenvalue weighted by Crippen LogP contribution is -2.45. The number of hydrogen-bond donors (Lipinski definition) is 2. The fourth-order valence-corrected chi connectivity index (χ4v) is 3.85. The van der Waals surface area contributed by atoms with Crippen molar-refractivity contribution in [1.29, 1.82) is 0 Å². The fraction of sp³-hybridized carbons (Fsp3) is 0.231. The van der Waals surface area contributed by atoms with E-state index < -0.39 is 5.82 Å². The molecular weight excluding hydrogens is 421 g/mol. The monoisotopic (exact) mass is 447 g/mol. The second-order valence-corrected chi connectivity index (χ2v) is 8.13. The molecule has 1 atom stereocenters. The molecule has 3 aromatic rings. The van der Waals surface area contributed by atoms with Gasteiger partial charge >= 0.3 is 6.03 Å². The molecule has 0 aromatic heterocycles. The zero-order chi connectivity index (χ0) is 23.2. The van der Waals surface area contributed by atoms with Crippen LogP contribution in [-0.4, -0.2) is 29.9 Å². The quantitative estimate of drug-likeness (QED) is 0.519. The highest BCUT2D eigenvalue weighted by atomic mass is 19.1. The van der Waals surface area contributed by atoms with Gasteiger partial charge in [0.25, 0.3) is 0 Å². The Kier molecular flexibility index (Phi) is 6.88. The Bertz CT molecular complexity index is 1150. The van der Waals surface area contributed by atoms with Gasteiger partial charge in [0.1, 0.15) is 11.6 Å². The van der Waals surface area contributed by atoms with E-state index in [2.05, 4.69) is 10.6 Å². The number of rotatable bonds is 5. The molecule has 1 heterocycles. The maximum atomic E-state index is 13.5. The molecule has 0 radical (unpaired) electrons. The zero-order valence-electron chi connectivity index (χ0n) is 18.4. The number of hydrogen-bond acceptors (Lipinski definition) is 3. The zero-order valence-corrected chi connectivity index (χ0v) is 18.4. The molecule has 0 aliphatic carbocycles. The number of nitrogens with zero attached hydrogens (tertiary/aromatic N) is 1. The molecule has 0 spiro atoms. The first-order valence-electron chi connectivity index (χ1n) is 10.9. The Morgan fingerprint density at radius 1 is 1.00 bits per heavy atom. The SMILES string of the molecule is Cc1cccc(NC(=O)N2CCC[C@@H](C(=O)Nc3ccccc3Oc3cccc(F)c3)C2)c1. The molecule has 1 aliphatic rings. The number of piperidine rings is 1. The van der Waals surface area contributed by atoms with Crippen molar-refractivity contribution < 1.29 is 18.7 Å². The van der Waals surface area contributed by atoms with Crippen LogP contribution in [0.1, 0.15) is 18.4 Å². The van der Waals surface area contributed by atoms with Gasteiger partial charge in [0.05, 0.1) is 11.6 Å². The topological polar surface area (TPSA) is 70.7 Å². The number of carbonyl (C=O) groups excluding carboxylic acids is 2. The third-order valence-electron chi connectivity index (χ3n) is 5.52. The summed E-state index contributed by atoms with van der Waals surface area (Å²) < 4.78 is 19.3. The minimum atomic E-state index is -0.403. The molecular formula is C26H26FN3O3. The maximum absolute atomic E-state index is 13.5. The van der Waals surface area contributed by atoms with Gasteiger partial charge in [-0.3, -0.25) is 4.79 Å². The van der Waals surface area contributed by atoms with Crippen molar-refractivity contribution in [3.63, 3.8) is 0 Å². The largest absolute Gasteiger partial charge is 0.455 e. The van der Waals surface area contributed by atoms with Crippen molar-refractivity contribution in [3.8, 4) is 11.5 Å². The Morgan fingerprint density at radius 2 is 1.82 bits per heavy atom. The van der Waals surface area contributed by atoms with E-state index in [9.17, 15) is 14.0 Å². The van der Waals surface area contributed by atoms with Crippen LogP contribution >= 0.6 is 0 Å². The van der Waals surface area contributed by atoms with Gasteiger partial charge < -0.3 is 20.3 Å². The van der Waals surface area contributed by atoms with Crippen molar-refractivity contribution in [2.45, 2.75) is 19.8 Å². The number of aryl methyl sites for hydroxylation is 1. The van der Waals surface area contributed by atoms with E-state index >= 15 is 0 Å². The van der Waals surface area contributed by atoms with Crippen molar-refractivity contribution in [2.75, 3.05) is 23.7 Å². The van der Waals surface area contributed by atoms with Crippen molar-refractivity contribution in [3.05, 3.63) is 84.2 Å². The van der Waals surface area contributed by atoms with Crippen molar-refractivity contribution in [1.82, 2.24) is 4.90 Å². The van der Waals surface area contributed by atoms with Crippen LogP contribution in [0, 0.1) is 18.7 Å². The second-order valence-electron chi connectivity index (χ2n) is 8.13. The molecule has 0 bridgehead atoms. The van der Waals surface area contributed by atoms with E-state index in [0.717, 1.165) is 17.7 Å². The Hall–Kier alpha value is -3.87. The Balaban J connectivity index is 1.40. The molecule has 4 rings (SSSR count). The standard InChI is InChI=1S/C26H26FN3O3/c1-18-7-4-10-21(15-18)28-26(32)30-14-6-8-19(17-30)25(31)29-23-12-2-3-13-24(23)33-22-11-5-9-20(27)16-22/h2-5,7,9-13,15-16,19H,6,8,14,17H2,1H3,(H,28,32)(H,29,31)/t19-/m1/s1. The summed E-state index contributed by atoms with van der Waals surface area (Å²) in [5, 5.41) is 5.82. The summed E-state index contributed by atoms with van der Waals surface area (Å²) in [6.45, 7) is 2.89. The van der Waals surface area contributed by atoms with Crippen LogP contribution in [0.5, 0.6) is 11.5 Å². The van der Waals surface area contributed by atoms with E-state index in [1.165, 1.54) is 12.1 Å². The molecule has 7 heteroatoms. The summed E-state index contributed by atoms with van der Waals surface area (Å²) in [6.07, 6.45) is 1.42. The number of anilines is 2. The minimum absolute atomic E-state index is 0.182. The van der Waals surface area contributed by atoms with Gasteiger partial charge in [-0.2, -0.15) is 0 Å². The molecule has 0 saturated carbocycles. The highest BCUT2D eigenvalue weighted by molar-refractivity contribution is 5.95. The van der Waals surface area contributed by atoms with Gasteiger partial charge in [0.2, 0.25) is 5.91 Å². The summed E-state index contributed by atoms with van der Waals surface area (Å²) in [5.41, 5.74) is 2.28. The van der Waals surface area contributed by atoms with Gasteiger partial charge in [-0.05, 0) is 61.7 Å². The first-order chi connectivity index (χ1) is 16.0. The third-order valence-corrected chi connectivity index (χ3v) is 5.52. The maximum Gasteiger partial charge on any atom is 0.321 e. The number of urea groups is 1. The van der Waals surface area contributed by atoms with E-state index in [-0.39, 0.29) is 17.9 Å². The van der Waals surface area contributed by atoms with Gasteiger partial charge in [-0.25, -0.2) is 9.18 Å². The van der Waals surface area contributed by atoms with E-state index in [1.807, 2.05) is 31.2 Å². The van der Waals surface area contributed by atoms with E-state index in [4.69, 9.17) is 4.74 Å². The predicted octanol–water partition coefficient (Wildman–Crippen LogP) is 5.81. The van der Waals surface area contributed by atoms with Crippen LogP contribution in [0.25, 0.3) is 0 Å². The van der Waals surface area contributed by atoms with Crippen LogP contribution in [-0.2, 0) is 4.79 Å². The average molecular weight is 448 g/mol. The highest BCUT2D eigenvalue weighted by Gasteiger charge is 2.29. The number of carbonyl (C=O) groups is 2. The lowest BCUT2D eigenvalue weighted by molar-refractivity contribution is -0.121. The summed E-state index contributed by atoms with van der Waals surface area (Å²) in [4.78, 5) is 27.4. The van der Waals surface area contributed by atoms with Crippen LogP contribution in [0.4, 0.5) is 20.6 Å². The number of nitrogens with one attached hydrogen (secondary N) is 2. The van der Waals surface area contributed by atoms with E-state index in [1.54, 1.807) is 41.3 Å². The molecule has 3 aromatic carbocycles. The Morgan fingerprint density at radius 3 is 2.64 bits per heavy atom. The van der Waals surface area contributed by atoms with Crippen LogP contribution < -0.4 is 15.4 Å². The summed E-state index contributed by atoms with van der Waals surface area (Å²) in [5.74, 6) is -0.169. The van der Waals surface area contributed by atoms with Gasteiger partial charge in [-0.15, -0.1) is 0 Å². The van der Waals surface area contributed by atoms with Gasteiger partial charge in [-0.1, -0.05) is 30.3 Å². The van der Waals surface area contributed by atoms with E-state index in [0.29, 0.717) is 36.7 Å². The molecule has 0 unspecified atom stereocenters. The molecule has 3 amide bonds. The molecule has 1 aliphatic heterocycles. The first kappa shape index (κ1) is 22.3. The first-order valence-corrected chi connectivity index (χ1v) is 10.9. The normalized spacial score (nSPS) is 15.6. The molecule has 6 nitrogen and oxygen atoms in total. The van der Waals surface area contributed by atoms with Crippen LogP contribution in [0.2, 0.25) is 0 Å².